The van der Waals surface area contributed by atoms with Crippen LogP contribution in [0.1, 0.15) is 70.9 Å². The molecule has 0 spiro atoms. The maximum atomic E-state index is 13.1. The summed E-state index contributed by atoms with van der Waals surface area (Å²) in [4.78, 5) is 66.0. The number of nitrogens with one attached hydrogen (secondary N) is 2. The van der Waals surface area contributed by atoms with Crippen LogP contribution >= 0.6 is 0 Å². The molecule has 0 atom stereocenters. The molecule has 1 aliphatic rings. The predicted molar refractivity (Wildman–Crippen MR) is 125 cm³/mol. The minimum Gasteiger partial charge on any atom is -0.465 e. The predicted octanol–water partition coefficient (Wildman–Crippen LogP) is 3.24. The highest BCUT2D eigenvalue weighted by Gasteiger charge is 2.32. The van der Waals surface area contributed by atoms with Crippen LogP contribution in [0.3, 0.4) is 0 Å². The molecule has 9 nitrogen and oxygen atoms in total. The van der Waals surface area contributed by atoms with E-state index in [1.807, 2.05) is 6.92 Å². The van der Waals surface area contributed by atoms with E-state index in [0.29, 0.717) is 23.2 Å². The lowest BCUT2D eigenvalue weighted by atomic mass is 9.83. The van der Waals surface area contributed by atoms with Gasteiger partial charge in [0.25, 0.3) is 5.91 Å². The van der Waals surface area contributed by atoms with Crippen molar-refractivity contribution in [2.24, 2.45) is 0 Å². The minimum atomic E-state index is -0.822. The number of aromatic nitrogens is 1. The number of hydrogen-bond donors (Lipinski definition) is 2. The van der Waals surface area contributed by atoms with Gasteiger partial charge in [0, 0.05) is 22.4 Å². The van der Waals surface area contributed by atoms with Gasteiger partial charge in [-0.1, -0.05) is 43.3 Å². The van der Waals surface area contributed by atoms with Crippen LogP contribution in [0, 0.1) is 6.92 Å². The molecule has 1 aromatic heterocycles. The Morgan fingerprint density at radius 3 is 2.23 bits per heavy atom. The van der Waals surface area contributed by atoms with Gasteiger partial charge >= 0.3 is 11.9 Å². The second-order valence-corrected chi connectivity index (χ2v) is 7.88. The van der Waals surface area contributed by atoms with E-state index in [-0.39, 0.29) is 45.2 Å². The Kier molecular flexibility index (Phi) is 6.33. The first-order chi connectivity index (χ1) is 16.8. The lowest BCUT2D eigenvalue weighted by Crippen LogP contribution is -2.26. The normalized spacial score (nSPS) is 12.0. The van der Waals surface area contributed by atoms with Gasteiger partial charge in [-0.3, -0.25) is 14.4 Å². The van der Waals surface area contributed by atoms with Crippen molar-refractivity contribution in [2.75, 3.05) is 19.0 Å². The average Bonchev–Trinajstić information content (AvgIpc) is 3.21. The molecule has 0 fully saturated rings. The van der Waals surface area contributed by atoms with Crippen LogP contribution in [-0.4, -0.2) is 48.1 Å². The molecule has 0 saturated carbocycles. The quantitative estimate of drug-likeness (QED) is 0.410. The van der Waals surface area contributed by atoms with Crippen molar-refractivity contribution < 1.29 is 33.4 Å². The number of H-pyrrole nitrogens is 1. The molecule has 1 heterocycles. The Labute approximate surface area is 200 Å². The molecule has 1 aliphatic carbocycles. The molecule has 0 unspecified atom stereocenters. The van der Waals surface area contributed by atoms with Crippen LogP contribution in [0.25, 0.3) is 0 Å². The summed E-state index contributed by atoms with van der Waals surface area (Å²) in [5, 5.41) is 2.55. The topological polar surface area (TPSA) is 132 Å². The standard InChI is InChI=1S/C26H22N2O7/c1-4-17-20(25(32)34-3)13(2)22(28-17)26(33)35-12-19(29)27-18-11-7-10-16-21(18)24(31)15-9-6-5-8-14(15)23(16)30/h5-11,28H,4,12H2,1-3H3,(H,27,29). The summed E-state index contributed by atoms with van der Waals surface area (Å²) < 4.78 is 9.91. The third-order valence-corrected chi connectivity index (χ3v) is 5.84. The number of esters is 2. The lowest BCUT2D eigenvalue weighted by Gasteiger charge is -2.20. The van der Waals surface area contributed by atoms with E-state index in [1.54, 1.807) is 37.3 Å². The molecule has 0 aliphatic heterocycles. The highest BCUT2D eigenvalue weighted by Crippen LogP contribution is 2.32. The first-order valence-corrected chi connectivity index (χ1v) is 10.9. The minimum absolute atomic E-state index is 0.0459. The summed E-state index contributed by atoms with van der Waals surface area (Å²) in [6.07, 6.45) is 0.452. The van der Waals surface area contributed by atoms with E-state index in [9.17, 15) is 24.0 Å². The van der Waals surface area contributed by atoms with Crippen LogP contribution < -0.4 is 5.32 Å². The first-order valence-electron chi connectivity index (χ1n) is 10.9. The number of aryl methyl sites for hydroxylation is 1. The molecular formula is C26H22N2O7. The van der Waals surface area contributed by atoms with Crippen LogP contribution in [0.5, 0.6) is 0 Å². The Morgan fingerprint density at radius 2 is 1.57 bits per heavy atom. The van der Waals surface area contributed by atoms with Gasteiger partial charge in [0.1, 0.15) is 5.69 Å². The number of rotatable bonds is 6. The van der Waals surface area contributed by atoms with E-state index in [0.717, 1.165) is 0 Å². The van der Waals surface area contributed by atoms with Crippen molar-refractivity contribution in [1.29, 1.82) is 0 Å². The zero-order chi connectivity index (χ0) is 25.3. The highest BCUT2D eigenvalue weighted by atomic mass is 16.5. The second kappa shape index (κ2) is 9.38. The molecular weight excluding hydrogens is 452 g/mol. The Bertz CT molecular complexity index is 1400. The smallest absolute Gasteiger partial charge is 0.355 e. The van der Waals surface area contributed by atoms with E-state index < -0.39 is 24.5 Å². The van der Waals surface area contributed by atoms with Gasteiger partial charge < -0.3 is 19.8 Å². The van der Waals surface area contributed by atoms with Gasteiger partial charge in [0.15, 0.2) is 18.2 Å². The van der Waals surface area contributed by atoms with Gasteiger partial charge in [-0.15, -0.1) is 0 Å². The van der Waals surface area contributed by atoms with E-state index in [2.05, 4.69) is 10.3 Å². The summed E-state index contributed by atoms with van der Waals surface area (Å²) in [6, 6.07) is 11.1. The summed E-state index contributed by atoms with van der Waals surface area (Å²) in [5.74, 6) is -2.79. The molecule has 2 N–H and O–H groups in total. The fourth-order valence-electron chi connectivity index (χ4n) is 4.14. The number of benzene rings is 2. The lowest BCUT2D eigenvalue weighted by molar-refractivity contribution is -0.119. The van der Waals surface area contributed by atoms with Crippen LogP contribution in [0.15, 0.2) is 42.5 Å². The van der Waals surface area contributed by atoms with E-state index in [1.165, 1.54) is 19.2 Å². The van der Waals surface area contributed by atoms with Crippen LogP contribution in [0.2, 0.25) is 0 Å². The van der Waals surface area contributed by atoms with Crippen molar-refractivity contribution >= 4 is 35.1 Å². The molecule has 0 radical (unpaired) electrons. The zero-order valence-corrected chi connectivity index (χ0v) is 19.3. The number of methoxy groups -OCH3 is 1. The average molecular weight is 474 g/mol. The largest absolute Gasteiger partial charge is 0.465 e. The van der Waals surface area contributed by atoms with Crippen molar-refractivity contribution in [3.05, 3.63) is 87.2 Å². The monoisotopic (exact) mass is 474 g/mol. The number of anilines is 1. The number of aromatic amines is 1. The number of fused-ring (bicyclic) bond motifs is 2. The molecule has 178 valence electrons. The molecule has 2 aromatic carbocycles. The third kappa shape index (κ3) is 4.12. The molecule has 9 heteroatoms. The van der Waals surface area contributed by atoms with Crippen molar-refractivity contribution in [3.8, 4) is 0 Å². The van der Waals surface area contributed by atoms with Crippen molar-refractivity contribution in [3.63, 3.8) is 0 Å². The van der Waals surface area contributed by atoms with Gasteiger partial charge in [0.2, 0.25) is 0 Å². The molecule has 4 rings (SSSR count). The van der Waals surface area contributed by atoms with Crippen LogP contribution in [0.4, 0.5) is 5.69 Å². The van der Waals surface area contributed by atoms with E-state index in [4.69, 9.17) is 9.47 Å². The number of hydrogen-bond acceptors (Lipinski definition) is 7. The fourth-order valence-corrected chi connectivity index (χ4v) is 4.14. The van der Waals surface area contributed by atoms with E-state index >= 15 is 0 Å². The van der Waals surface area contributed by atoms with Crippen LogP contribution in [-0.2, 0) is 20.7 Å². The van der Waals surface area contributed by atoms with Gasteiger partial charge in [-0.2, -0.15) is 0 Å². The van der Waals surface area contributed by atoms with Crippen molar-refractivity contribution in [2.45, 2.75) is 20.3 Å². The Balaban J connectivity index is 1.51. The van der Waals surface area contributed by atoms with Crippen molar-refractivity contribution in [1.82, 2.24) is 4.98 Å². The highest BCUT2D eigenvalue weighted by molar-refractivity contribution is 6.30. The third-order valence-electron chi connectivity index (χ3n) is 5.84. The SMILES string of the molecule is CCc1[nH]c(C(=O)OCC(=O)Nc2cccc3c2C(=O)c2ccccc2C3=O)c(C)c1C(=O)OC. The molecule has 35 heavy (non-hydrogen) atoms. The molecule has 0 saturated heterocycles. The van der Waals surface area contributed by atoms with Gasteiger partial charge in [-0.05, 0) is 25.0 Å². The number of carbonyl (C=O) groups excluding carboxylic acids is 5. The molecule has 3 aromatic rings. The summed E-state index contributed by atoms with van der Waals surface area (Å²) in [5.41, 5.74) is 2.17. The second-order valence-electron chi connectivity index (χ2n) is 7.88. The first kappa shape index (κ1) is 23.6. The van der Waals surface area contributed by atoms with Gasteiger partial charge in [-0.25, -0.2) is 9.59 Å². The summed E-state index contributed by atoms with van der Waals surface area (Å²) in [6.45, 7) is 2.75. The molecule has 0 bridgehead atoms. The number of amides is 1. The number of ketones is 2. The summed E-state index contributed by atoms with van der Waals surface area (Å²) in [7, 11) is 1.25. The maximum Gasteiger partial charge on any atom is 0.355 e. The Morgan fingerprint density at radius 1 is 0.914 bits per heavy atom. The Hall–Kier alpha value is -4.53. The summed E-state index contributed by atoms with van der Waals surface area (Å²) >= 11 is 0. The van der Waals surface area contributed by atoms with Gasteiger partial charge in [0.05, 0.1) is 23.9 Å². The number of carbonyl (C=O) groups is 5. The zero-order valence-electron chi connectivity index (χ0n) is 19.3. The number of ether oxygens (including phenoxy) is 2. The maximum absolute atomic E-state index is 13.1. The molecule has 1 amide bonds. The fraction of sp³-hybridized carbons (Fsp3) is 0.192.